The van der Waals surface area contributed by atoms with E-state index in [0.717, 1.165) is 28.6 Å². The van der Waals surface area contributed by atoms with E-state index < -0.39 is 0 Å². The lowest BCUT2D eigenvalue weighted by Crippen LogP contribution is -2.07. The molecule has 3 N–H and O–H groups in total. The minimum atomic E-state index is -0.103. The van der Waals surface area contributed by atoms with Crippen molar-refractivity contribution < 1.29 is 5.11 Å². The van der Waals surface area contributed by atoms with Crippen molar-refractivity contribution in [2.24, 2.45) is 0 Å². The highest BCUT2D eigenvalue weighted by Crippen LogP contribution is 2.19. The second-order valence-electron chi connectivity index (χ2n) is 4.23. The fourth-order valence-corrected chi connectivity index (χ4v) is 2.51. The van der Waals surface area contributed by atoms with Crippen molar-refractivity contribution in [2.75, 3.05) is 11.5 Å². The standard InChI is InChI=1S/C13H18N4OS/c1-2-7-19-13-16-15-12(9-18)17(13)8-10-3-5-11(14)6-4-10/h3-6,18H,2,7-9,14H2,1H3. The van der Waals surface area contributed by atoms with Crippen LogP contribution in [0.1, 0.15) is 24.7 Å². The Morgan fingerprint density at radius 2 is 2.00 bits per heavy atom. The van der Waals surface area contributed by atoms with Crippen LogP contribution in [0.4, 0.5) is 5.69 Å². The van der Waals surface area contributed by atoms with Crippen LogP contribution >= 0.6 is 11.8 Å². The van der Waals surface area contributed by atoms with E-state index >= 15 is 0 Å². The smallest absolute Gasteiger partial charge is 0.191 e. The van der Waals surface area contributed by atoms with Gasteiger partial charge in [-0.1, -0.05) is 30.8 Å². The molecule has 2 aromatic rings. The van der Waals surface area contributed by atoms with Gasteiger partial charge in [-0.2, -0.15) is 0 Å². The maximum atomic E-state index is 9.33. The van der Waals surface area contributed by atoms with Crippen molar-refractivity contribution in [1.29, 1.82) is 0 Å². The number of rotatable bonds is 6. The minimum absolute atomic E-state index is 0.103. The van der Waals surface area contributed by atoms with Gasteiger partial charge in [-0.15, -0.1) is 10.2 Å². The predicted molar refractivity (Wildman–Crippen MR) is 76.9 cm³/mol. The number of anilines is 1. The molecule has 0 bridgehead atoms. The molecule has 0 saturated carbocycles. The number of aliphatic hydroxyl groups excluding tert-OH is 1. The summed E-state index contributed by atoms with van der Waals surface area (Å²) < 4.78 is 1.95. The third-order valence-corrected chi connectivity index (χ3v) is 3.86. The summed E-state index contributed by atoms with van der Waals surface area (Å²) in [4.78, 5) is 0. The van der Waals surface area contributed by atoms with Crippen LogP contribution in [0.3, 0.4) is 0 Å². The van der Waals surface area contributed by atoms with Gasteiger partial charge in [-0.25, -0.2) is 0 Å². The lowest BCUT2D eigenvalue weighted by atomic mass is 10.2. The van der Waals surface area contributed by atoms with Crippen molar-refractivity contribution in [3.05, 3.63) is 35.7 Å². The third kappa shape index (κ3) is 3.48. The van der Waals surface area contributed by atoms with Crippen LogP contribution in [0.25, 0.3) is 0 Å². The molecule has 5 nitrogen and oxygen atoms in total. The molecule has 2 rings (SSSR count). The van der Waals surface area contributed by atoms with Crippen molar-refractivity contribution in [2.45, 2.75) is 31.7 Å². The average Bonchev–Trinajstić information content (AvgIpc) is 2.81. The number of nitrogens with two attached hydrogens (primary N) is 1. The van der Waals surface area contributed by atoms with Gasteiger partial charge in [0.25, 0.3) is 0 Å². The quantitative estimate of drug-likeness (QED) is 0.623. The Balaban J connectivity index is 2.21. The fourth-order valence-electron chi connectivity index (χ4n) is 1.70. The molecule has 0 saturated heterocycles. The lowest BCUT2D eigenvalue weighted by molar-refractivity contribution is 0.264. The van der Waals surface area contributed by atoms with E-state index in [9.17, 15) is 5.11 Å². The highest BCUT2D eigenvalue weighted by molar-refractivity contribution is 7.99. The minimum Gasteiger partial charge on any atom is -0.399 e. The van der Waals surface area contributed by atoms with E-state index in [1.165, 1.54) is 0 Å². The number of thioether (sulfide) groups is 1. The van der Waals surface area contributed by atoms with Crippen LogP contribution in [-0.2, 0) is 13.2 Å². The average molecular weight is 278 g/mol. The summed E-state index contributed by atoms with van der Waals surface area (Å²) in [6, 6.07) is 7.70. The summed E-state index contributed by atoms with van der Waals surface area (Å²) in [5, 5.41) is 18.3. The molecule has 0 spiro atoms. The lowest BCUT2D eigenvalue weighted by Gasteiger charge is -2.09. The van der Waals surface area contributed by atoms with Crippen LogP contribution in [0.15, 0.2) is 29.4 Å². The molecule has 1 aromatic heterocycles. The van der Waals surface area contributed by atoms with E-state index in [1.807, 2.05) is 28.8 Å². The first-order valence-corrected chi connectivity index (χ1v) is 7.23. The summed E-state index contributed by atoms with van der Waals surface area (Å²) in [6.45, 7) is 2.67. The van der Waals surface area contributed by atoms with Crippen LogP contribution in [0, 0.1) is 0 Å². The molecule has 0 aliphatic carbocycles. The monoisotopic (exact) mass is 278 g/mol. The number of nitrogens with zero attached hydrogens (tertiary/aromatic N) is 3. The number of aliphatic hydroxyl groups is 1. The van der Waals surface area contributed by atoms with Gasteiger partial charge in [-0.05, 0) is 24.1 Å². The van der Waals surface area contributed by atoms with E-state index in [2.05, 4.69) is 17.1 Å². The highest BCUT2D eigenvalue weighted by Gasteiger charge is 2.11. The van der Waals surface area contributed by atoms with Gasteiger partial charge in [-0.3, -0.25) is 4.57 Å². The second kappa shape index (κ2) is 6.58. The molecule has 19 heavy (non-hydrogen) atoms. The molecule has 0 fully saturated rings. The normalized spacial score (nSPS) is 10.8. The number of aromatic nitrogens is 3. The Kier molecular flexibility index (Phi) is 4.81. The number of hydrogen-bond donors (Lipinski definition) is 2. The van der Waals surface area contributed by atoms with Gasteiger partial charge in [0, 0.05) is 11.4 Å². The molecular formula is C13H18N4OS. The molecule has 0 unspecified atom stereocenters. The van der Waals surface area contributed by atoms with Crippen LogP contribution in [0.5, 0.6) is 0 Å². The van der Waals surface area contributed by atoms with Crippen molar-refractivity contribution >= 4 is 17.4 Å². The largest absolute Gasteiger partial charge is 0.399 e. The van der Waals surface area contributed by atoms with Gasteiger partial charge in [0.1, 0.15) is 6.61 Å². The maximum absolute atomic E-state index is 9.33. The number of nitrogen functional groups attached to an aromatic ring is 1. The van der Waals surface area contributed by atoms with Crippen molar-refractivity contribution in [1.82, 2.24) is 14.8 Å². The second-order valence-corrected chi connectivity index (χ2v) is 5.30. The molecule has 1 aromatic carbocycles. The molecule has 102 valence electrons. The SMILES string of the molecule is CCCSc1nnc(CO)n1Cc1ccc(N)cc1. The summed E-state index contributed by atoms with van der Waals surface area (Å²) in [5.41, 5.74) is 7.53. The van der Waals surface area contributed by atoms with Gasteiger partial charge < -0.3 is 10.8 Å². The molecule has 0 aliphatic heterocycles. The fraction of sp³-hybridized carbons (Fsp3) is 0.385. The molecular weight excluding hydrogens is 260 g/mol. The Hall–Kier alpha value is -1.53. The molecule has 0 atom stereocenters. The Morgan fingerprint density at radius 3 is 2.63 bits per heavy atom. The maximum Gasteiger partial charge on any atom is 0.191 e. The van der Waals surface area contributed by atoms with E-state index in [0.29, 0.717) is 12.4 Å². The molecule has 0 aliphatic rings. The van der Waals surface area contributed by atoms with Gasteiger partial charge in [0.05, 0.1) is 6.54 Å². The molecule has 1 heterocycles. The van der Waals surface area contributed by atoms with Gasteiger partial charge in [0.15, 0.2) is 11.0 Å². The van der Waals surface area contributed by atoms with Gasteiger partial charge in [0.2, 0.25) is 0 Å². The van der Waals surface area contributed by atoms with Gasteiger partial charge >= 0.3 is 0 Å². The predicted octanol–water partition coefficient (Wildman–Crippen LogP) is 1.90. The third-order valence-electron chi connectivity index (χ3n) is 2.69. The Morgan fingerprint density at radius 1 is 1.26 bits per heavy atom. The zero-order valence-corrected chi connectivity index (χ0v) is 11.7. The zero-order valence-electron chi connectivity index (χ0n) is 10.9. The summed E-state index contributed by atoms with van der Waals surface area (Å²) >= 11 is 1.66. The topological polar surface area (TPSA) is 77.0 Å². The summed E-state index contributed by atoms with van der Waals surface area (Å²) in [6.07, 6.45) is 1.08. The van der Waals surface area contributed by atoms with E-state index in [1.54, 1.807) is 11.8 Å². The summed E-state index contributed by atoms with van der Waals surface area (Å²) in [5.74, 6) is 1.58. The number of benzene rings is 1. The van der Waals surface area contributed by atoms with Crippen molar-refractivity contribution in [3.63, 3.8) is 0 Å². The van der Waals surface area contributed by atoms with Crippen LogP contribution in [0.2, 0.25) is 0 Å². The highest BCUT2D eigenvalue weighted by atomic mass is 32.2. The summed E-state index contributed by atoms with van der Waals surface area (Å²) in [7, 11) is 0. The van der Waals surface area contributed by atoms with Crippen LogP contribution in [-0.4, -0.2) is 25.6 Å². The van der Waals surface area contributed by atoms with E-state index in [-0.39, 0.29) is 6.61 Å². The molecule has 0 radical (unpaired) electrons. The zero-order chi connectivity index (χ0) is 13.7. The van der Waals surface area contributed by atoms with E-state index in [4.69, 9.17) is 5.73 Å². The Labute approximate surface area is 116 Å². The number of hydrogen-bond acceptors (Lipinski definition) is 5. The first-order chi connectivity index (χ1) is 9.24. The Bertz CT molecular complexity index is 524. The first kappa shape index (κ1) is 13.9. The molecule has 0 amide bonds. The first-order valence-electron chi connectivity index (χ1n) is 6.24. The van der Waals surface area contributed by atoms with Crippen molar-refractivity contribution in [3.8, 4) is 0 Å². The molecule has 6 heteroatoms. The van der Waals surface area contributed by atoms with Crippen LogP contribution < -0.4 is 5.73 Å².